The van der Waals surface area contributed by atoms with E-state index in [0.717, 1.165) is 24.0 Å². The van der Waals surface area contributed by atoms with Crippen LogP contribution < -0.4 is 5.73 Å². The Labute approximate surface area is 170 Å². The van der Waals surface area contributed by atoms with Crippen molar-refractivity contribution >= 4 is 11.8 Å². The zero-order valence-corrected chi connectivity index (χ0v) is 16.7. The Kier molecular flexibility index (Phi) is 5.15. The standard InChI is InChI=1S/C24H27FN2O2/c1-16-13-20(16)22(28)27-12-4-11-24(15-27,23(26)29)14-17-7-9-18(10-8-17)19-5-2-3-6-21(19)25/h2-3,5-10,16,20H,4,11-15H2,1H3,(H2,26,29). The predicted octanol–water partition coefficient (Wildman–Crippen LogP) is 3.79. The van der Waals surface area contributed by atoms with E-state index < -0.39 is 5.41 Å². The van der Waals surface area contributed by atoms with Gasteiger partial charge in [-0.2, -0.15) is 0 Å². The van der Waals surface area contributed by atoms with Gasteiger partial charge in [-0.15, -0.1) is 0 Å². The number of likely N-dealkylation sites (tertiary alicyclic amines) is 1. The van der Waals surface area contributed by atoms with Crippen LogP contribution in [0.25, 0.3) is 11.1 Å². The number of primary amides is 1. The number of halogens is 1. The Hall–Kier alpha value is -2.69. The highest BCUT2D eigenvalue weighted by atomic mass is 19.1. The summed E-state index contributed by atoms with van der Waals surface area (Å²) in [6, 6.07) is 14.3. The van der Waals surface area contributed by atoms with Crippen molar-refractivity contribution in [2.75, 3.05) is 13.1 Å². The monoisotopic (exact) mass is 394 g/mol. The summed E-state index contributed by atoms with van der Waals surface area (Å²) in [5, 5.41) is 0. The molecule has 1 aliphatic heterocycles. The quantitative estimate of drug-likeness (QED) is 0.839. The summed E-state index contributed by atoms with van der Waals surface area (Å²) in [7, 11) is 0. The van der Waals surface area contributed by atoms with Crippen molar-refractivity contribution < 1.29 is 14.0 Å². The number of amides is 2. The van der Waals surface area contributed by atoms with Crippen LogP contribution >= 0.6 is 0 Å². The van der Waals surface area contributed by atoms with Gasteiger partial charge < -0.3 is 10.6 Å². The minimum Gasteiger partial charge on any atom is -0.369 e. The molecular weight excluding hydrogens is 367 g/mol. The molecule has 1 saturated heterocycles. The number of hydrogen-bond acceptors (Lipinski definition) is 2. The summed E-state index contributed by atoms with van der Waals surface area (Å²) >= 11 is 0. The topological polar surface area (TPSA) is 63.4 Å². The molecule has 3 unspecified atom stereocenters. The second kappa shape index (κ2) is 7.62. The van der Waals surface area contributed by atoms with Crippen molar-refractivity contribution in [3.63, 3.8) is 0 Å². The molecule has 2 amide bonds. The second-order valence-electron chi connectivity index (χ2n) is 8.68. The molecule has 2 fully saturated rings. The summed E-state index contributed by atoms with van der Waals surface area (Å²) in [4.78, 5) is 27.0. The highest BCUT2D eigenvalue weighted by molar-refractivity contribution is 5.85. The van der Waals surface area contributed by atoms with E-state index in [1.165, 1.54) is 6.07 Å². The Morgan fingerprint density at radius 3 is 2.48 bits per heavy atom. The van der Waals surface area contributed by atoms with Crippen molar-refractivity contribution in [2.45, 2.75) is 32.6 Å². The maximum atomic E-state index is 14.0. The number of rotatable bonds is 5. The van der Waals surface area contributed by atoms with Crippen LogP contribution in [0.4, 0.5) is 4.39 Å². The van der Waals surface area contributed by atoms with E-state index in [9.17, 15) is 14.0 Å². The lowest BCUT2D eigenvalue weighted by Gasteiger charge is -2.41. The predicted molar refractivity (Wildman–Crippen MR) is 110 cm³/mol. The Morgan fingerprint density at radius 1 is 1.17 bits per heavy atom. The molecule has 1 heterocycles. The first-order chi connectivity index (χ1) is 13.9. The van der Waals surface area contributed by atoms with Crippen molar-refractivity contribution in [1.82, 2.24) is 4.90 Å². The molecule has 4 nitrogen and oxygen atoms in total. The van der Waals surface area contributed by atoms with Crippen LogP contribution in [0.15, 0.2) is 48.5 Å². The average molecular weight is 394 g/mol. The fourth-order valence-corrected chi connectivity index (χ4v) is 4.54. The number of piperidine rings is 1. The molecule has 0 spiro atoms. The van der Waals surface area contributed by atoms with Crippen LogP contribution in [0.5, 0.6) is 0 Å². The first kappa shape index (κ1) is 19.6. The van der Waals surface area contributed by atoms with Gasteiger partial charge in [0.2, 0.25) is 11.8 Å². The van der Waals surface area contributed by atoms with E-state index in [1.54, 1.807) is 12.1 Å². The van der Waals surface area contributed by atoms with Gasteiger partial charge in [-0.1, -0.05) is 49.4 Å². The molecule has 1 aliphatic carbocycles. The number of nitrogens with zero attached hydrogens (tertiary/aromatic N) is 1. The van der Waals surface area contributed by atoms with Crippen LogP contribution in [0, 0.1) is 23.1 Å². The van der Waals surface area contributed by atoms with E-state index >= 15 is 0 Å². The molecule has 2 aromatic rings. The fourth-order valence-electron chi connectivity index (χ4n) is 4.54. The van der Waals surface area contributed by atoms with E-state index in [-0.39, 0.29) is 23.5 Å². The van der Waals surface area contributed by atoms with Crippen molar-refractivity contribution in [2.24, 2.45) is 23.0 Å². The molecule has 3 atom stereocenters. The number of carbonyl (C=O) groups excluding carboxylic acids is 2. The second-order valence-corrected chi connectivity index (χ2v) is 8.68. The largest absolute Gasteiger partial charge is 0.369 e. The van der Waals surface area contributed by atoms with Gasteiger partial charge >= 0.3 is 0 Å². The van der Waals surface area contributed by atoms with Crippen LogP contribution in [0.2, 0.25) is 0 Å². The molecule has 2 aromatic carbocycles. The minimum absolute atomic E-state index is 0.110. The normalized spacial score (nSPS) is 26.2. The molecule has 5 heteroatoms. The van der Waals surface area contributed by atoms with Gasteiger partial charge in [0.15, 0.2) is 0 Å². The first-order valence-electron chi connectivity index (χ1n) is 10.3. The van der Waals surface area contributed by atoms with Gasteiger partial charge in [0.1, 0.15) is 5.82 Å². The number of hydrogen-bond donors (Lipinski definition) is 1. The highest BCUT2D eigenvalue weighted by Gasteiger charge is 2.47. The Balaban J connectivity index is 1.53. The maximum Gasteiger partial charge on any atom is 0.225 e. The van der Waals surface area contributed by atoms with E-state index in [4.69, 9.17) is 5.73 Å². The van der Waals surface area contributed by atoms with Gasteiger partial charge in [0.25, 0.3) is 0 Å². The third-order valence-electron chi connectivity index (χ3n) is 6.52. The van der Waals surface area contributed by atoms with Gasteiger partial charge in [-0.05, 0) is 48.8 Å². The summed E-state index contributed by atoms with van der Waals surface area (Å²) in [5.74, 6) is 0.108. The smallest absolute Gasteiger partial charge is 0.225 e. The molecule has 0 bridgehead atoms. The van der Waals surface area contributed by atoms with E-state index in [0.29, 0.717) is 37.4 Å². The van der Waals surface area contributed by atoms with Crippen LogP contribution in [-0.2, 0) is 16.0 Å². The molecule has 4 rings (SSSR count). The van der Waals surface area contributed by atoms with Crippen molar-refractivity contribution in [3.05, 3.63) is 59.9 Å². The Morgan fingerprint density at radius 2 is 1.86 bits per heavy atom. The molecule has 0 radical (unpaired) electrons. The van der Waals surface area contributed by atoms with Crippen LogP contribution in [0.3, 0.4) is 0 Å². The Bertz CT molecular complexity index is 927. The minimum atomic E-state index is -0.744. The number of benzene rings is 2. The molecule has 2 N–H and O–H groups in total. The summed E-state index contributed by atoms with van der Waals surface area (Å²) < 4.78 is 14.0. The lowest BCUT2D eigenvalue weighted by molar-refractivity contribution is -0.141. The molecule has 2 aliphatic rings. The van der Waals surface area contributed by atoms with Crippen LogP contribution in [0.1, 0.15) is 31.7 Å². The van der Waals surface area contributed by atoms with Gasteiger partial charge in [-0.3, -0.25) is 9.59 Å². The summed E-state index contributed by atoms with van der Waals surface area (Å²) in [6.45, 7) is 3.17. The van der Waals surface area contributed by atoms with Crippen molar-refractivity contribution in [1.29, 1.82) is 0 Å². The third-order valence-corrected chi connectivity index (χ3v) is 6.52. The zero-order chi connectivity index (χ0) is 20.6. The van der Waals surface area contributed by atoms with E-state index in [1.807, 2.05) is 35.2 Å². The van der Waals surface area contributed by atoms with Gasteiger partial charge in [0, 0.05) is 24.6 Å². The summed E-state index contributed by atoms with van der Waals surface area (Å²) in [5.41, 5.74) is 7.42. The zero-order valence-electron chi connectivity index (χ0n) is 16.7. The van der Waals surface area contributed by atoms with Gasteiger partial charge in [0.05, 0.1) is 5.41 Å². The lowest BCUT2D eigenvalue weighted by Crippen LogP contribution is -2.53. The number of carbonyl (C=O) groups is 2. The van der Waals surface area contributed by atoms with Crippen molar-refractivity contribution in [3.8, 4) is 11.1 Å². The van der Waals surface area contributed by atoms with Crippen LogP contribution in [-0.4, -0.2) is 29.8 Å². The number of nitrogens with two attached hydrogens (primary N) is 1. The summed E-state index contributed by atoms with van der Waals surface area (Å²) in [6.07, 6.45) is 2.89. The third kappa shape index (κ3) is 3.91. The SMILES string of the molecule is CC1CC1C(=O)N1CCCC(Cc2ccc(-c3ccccc3F)cc2)(C(N)=O)C1. The van der Waals surface area contributed by atoms with E-state index in [2.05, 4.69) is 6.92 Å². The molecular formula is C24H27FN2O2. The fraction of sp³-hybridized carbons (Fsp3) is 0.417. The molecule has 1 saturated carbocycles. The average Bonchev–Trinajstić information content (AvgIpc) is 3.45. The molecule has 152 valence electrons. The first-order valence-corrected chi connectivity index (χ1v) is 10.3. The maximum absolute atomic E-state index is 14.0. The lowest BCUT2D eigenvalue weighted by atomic mass is 9.74. The molecule has 0 aromatic heterocycles. The van der Waals surface area contributed by atoms with Gasteiger partial charge in [-0.25, -0.2) is 4.39 Å². The highest BCUT2D eigenvalue weighted by Crippen LogP contribution is 2.42. The molecule has 29 heavy (non-hydrogen) atoms.